The zero-order valence-corrected chi connectivity index (χ0v) is 29.7. The third-order valence-electron chi connectivity index (χ3n) is 9.06. The van der Waals surface area contributed by atoms with Gasteiger partial charge >= 0.3 is 0 Å². The Kier molecular flexibility index (Phi) is 12.2. The molecule has 1 aliphatic heterocycles. The van der Waals surface area contributed by atoms with Crippen molar-refractivity contribution in [2.24, 2.45) is 0 Å². The number of rotatable bonds is 16. The molecular formula is C40H42ClN5O5. The minimum absolute atomic E-state index is 0.203. The molecule has 0 aliphatic carbocycles. The first-order chi connectivity index (χ1) is 24.9. The summed E-state index contributed by atoms with van der Waals surface area (Å²) in [6, 6.07) is 19.9. The van der Waals surface area contributed by atoms with Crippen LogP contribution in [-0.4, -0.2) is 52.3 Å². The van der Waals surface area contributed by atoms with E-state index >= 15 is 0 Å². The fourth-order valence-electron chi connectivity index (χ4n) is 6.23. The summed E-state index contributed by atoms with van der Waals surface area (Å²) in [5, 5.41) is 22.9. The van der Waals surface area contributed by atoms with Crippen LogP contribution in [0, 0.1) is 25.2 Å². The molecule has 0 amide bonds. The summed E-state index contributed by atoms with van der Waals surface area (Å²) in [4.78, 5) is 10.4. The van der Waals surface area contributed by atoms with E-state index in [2.05, 4.69) is 58.3 Å². The van der Waals surface area contributed by atoms with Crippen LogP contribution in [0.3, 0.4) is 0 Å². The zero-order valence-electron chi connectivity index (χ0n) is 28.9. The van der Waals surface area contributed by atoms with Gasteiger partial charge in [0.1, 0.15) is 42.3 Å². The molecule has 5 aromatic rings. The number of aromatic nitrogens is 2. The molecule has 0 saturated carbocycles. The second kappa shape index (κ2) is 17.3. The summed E-state index contributed by atoms with van der Waals surface area (Å²) >= 11 is 6.79. The van der Waals surface area contributed by atoms with Crippen LogP contribution in [-0.2, 0) is 26.3 Å². The number of nitrogens with one attached hydrogen (secondary N) is 1. The molecule has 1 saturated heterocycles. The SMILES string of the molecule is Cc1c(COc2cc(OCc3cncc(C#N)c3)c(CNCc3cnco3)cc2Cl)cccc1-c1cccc(OCCCN2CC[C@@H](O)C2)c1C. The Labute approximate surface area is 303 Å². The molecule has 264 valence electrons. The van der Waals surface area contributed by atoms with Gasteiger partial charge in [0, 0.05) is 55.8 Å². The highest BCUT2D eigenvalue weighted by Crippen LogP contribution is 2.36. The van der Waals surface area contributed by atoms with Crippen molar-refractivity contribution >= 4 is 11.6 Å². The van der Waals surface area contributed by atoms with Gasteiger partial charge in [-0.3, -0.25) is 4.98 Å². The predicted molar refractivity (Wildman–Crippen MR) is 195 cm³/mol. The van der Waals surface area contributed by atoms with E-state index < -0.39 is 0 Å². The number of ether oxygens (including phenoxy) is 3. The van der Waals surface area contributed by atoms with Crippen molar-refractivity contribution in [3.63, 3.8) is 0 Å². The number of aliphatic hydroxyl groups is 1. The molecule has 10 nitrogen and oxygen atoms in total. The summed E-state index contributed by atoms with van der Waals surface area (Å²) in [5.41, 5.74) is 7.52. The van der Waals surface area contributed by atoms with Gasteiger partial charge in [-0.05, 0) is 72.7 Å². The number of nitrogens with zero attached hydrogens (tertiary/aromatic N) is 4. The van der Waals surface area contributed by atoms with Crippen molar-refractivity contribution in [2.75, 3.05) is 26.2 Å². The monoisotopic (exact) mass is 707 g/mol. The molecule has 0 spiro atoms. The lowest BCUT2D eigenvalue weighted by molar-refractivity contribution is 0.173. The molecule has 3 heterocycles. The van der Waals surface area contributed by atoms with Crippen LogP contribution in [0.1, 0.15) is 52.0 Å². The molecule has 2 N–H and O–H groups in total. The first kappa shape index (κ1) is 35.9. The number of nitriles is 1. The van der Waals surface area contributed by atoms with E-state index in [0.29, 0.717) is 54.1 Å². The van der Waals surface area contributed by atoms with Crippen LogP contribution in [0.25, 0.3) is 11.1 Å². The number of oxazole rings is 1. The normalized spacial score (nSPS) is 14.4. The number of aliphatic hydroxyl groups excluding tert-OH is 1. The van der Waals surface area contributed by atoms with Gasteiger partial charge in [-0.2, -0.15) is 5.26 Å². The highest BCUT2D eigenvalue weighted by molar-refractivity contribution is 6.32. The van der Waals surface area contributed by atoms with E-state index in [-0.39, 0.29) is 12.7 Å². The van der Waals surface area contributed by atoms with Gasteiger partial charge in [-0.1, -0.05) is 41.9 Å². The van der Waals surface area contributed by atoms with Gasteiger partial charge < -0.3 is 34.0 Å². The molecule has 11 heteroatoms. The third-order valence-corrected chi connectivity index (χ3v) is 9.35. The van der Waals surface area contributed by atoms with E-state index in [1.54, 1.807) is 18.5 Å². The van der Waals surface area contributed by atoms with E-state index in [1.165, 1.54) is 12.6 Å². The van der Waals surface area contributed by atoms with Gasteiger partial charge in [-0.15, -0.1) is 0 Å². The Morgan fingerprint density at radius 1 is 0.922 bits per heavy atom. The predicted octanol–water partition coefficient (Wildman–Crippen LogP) is 7.16. The zero-order chi connectivity index (χ0) is 35.6. The van der Waals surface area contributed by atoms with E-state index in [0.717, 1.165) is 77.2 Å². The Bertz CT molecular complexity index is 1960. The lowest BCUT2D eigenvalue weighted by Gasteiger charge is -2.19. The standard InChI is InChI=1S/C40H42ClN5O5/c1-27-31(6-3-7-35(27)36-8-4-9-38(28(36)2)48-13-5-11-46-12-10-33(47)23-46)25-50-40-16-39(49-24-30-14-29(17-42)18-43-19-30)32(15-37(40)41)20-44-21-34-22-45-26-51-34/h3-4,6-9,14-16,18-19,22,26,33,44,47H,5,10-13,20-21,23-25H2,1-2H3/t33-/m1/s1. The summed E-state index contributed by atoms with van der Waals surface area (Å²) in [6.07, 6.45) is 7.81. The molecule has 1 fully saturated rings. The summed E-state index contributed by atoms with van der Waals surface area (Å²) in [7, 11) is 0. The van der Waals surface area contributed by atoms with Crippen LogP contribution in [0.15, 0.2) is 84.0 Å². The number of benzene rings is 3. The second-order valence-corrected chi connectivity index (χ2v) is 13.1. The molecule has 3 aromatic carbocycles. The number of β-amino-alcohol motifs (C(OH)–C–C–N with tert-alkyl or cyclic N) is 1. The fourth-order valence-corrected chi connectivity index (χ4v) is 6.47. The minimum Gasteiger partial charge on any atom is -0.493 e. The van der Waals surface area contributed by atoms with E-state index in [4.69, 9.17) is 30.2 Å². The van der Waals surface area contributed by atoms with Crippen LogP contribution < -0.4 is 19.5 Å². The van der Waals surface area contributed by atoms with Crippen LogP contribution in [0.4, 0.5) is 0 Å². The maximum atomic E-state index is 9.79. The number of likely N-dealkylation sites (tertiary alicyclic amines) is 1. The molecule has 0 radical (unpaired) electrons. The van der Waals surface area contributed by atoms with Crippen molar-refractivity contribution in [3.05, 3.63) is 124 Å². The first-order valence-electron chi connectivity index (χ1n) is 17.1. The Morgan fingerprint density at radius 3 is 2.53 bits per heavy atom. The number of hydrogen-bond donors (Lipinski definition) is 2. The van der Waals surface area contributed by atoms with Crippen molar-refractivity contribution in [1.29, 1.82) is 5.26 Å². The summed E-state index contributed by atoms with van der Waals surface area (Å²) < 4.78 is 24.2. The number of pyridine rings is 1. The van der Waals surface area contributed by atoms with Crippen molar-refractivity contribution in [3.8, 4) is 34.4 Å². The maximum Gasteiger partial charge on any atom is 0.180 e. The Morgan fingerprint density at radius 2 is 1.75 bits per heavy atom. The van der Waals surface area contributed by atoms with Crippen molar-refractivity contribution in [2.45, 2.75) is 59.1 Å². The highest BCUT2D eigenvalue weighted by Gasteiger charge is 2.20. The Balaban J connectivity index is 1.15. The van der Waals surface area contributed by atoms with Crippen LogP contribution >= 0.6 is 11.6 Å². The molecule has 6 rings (SSSR count). The largest absolute Gasteiger partial charge is 0.493 e. The molecule has 0 bridgehead atoms. The van der Waals surface area contributed by atoms with Gasteiger partial charge in [0.2, 0.25) is 0 Å². The maximum absolute atomic E-state index is 9.79. The number of halogens is 1. The summed E-state index contributed by atoms with van der Waals surface area (Å²) in [6.45, 7) is 8.90. The van der Waals surface area contributed by atoms with Gasteiger partial charge in [0.25, 0.3) is 0 Å². The van der Waals surface area contributed by atoms with Gasteiger partial charge in [0.05, 0.1) is 36.0 Å². The smallest absolute Gasteiger partial charge is 0.180 e. The topological polar surface area (TPSA) is 126 Å². The van der Waals surface area contributed by atoms with E-state index in [9.17, 15) is 10.4 Å². The lowest BCUT2D eigenvalue weighted by atomic mass is 9.93. The summed E-state index contributed by atoms with van der Waals surface area (Å²) in [5.74, 6) is 2.68. The molecular weight excluding hydrogens is 666 g/mol. The third kappa shape index (κ3) is 9.45. The molecule has 1 atom stereocenters. The fraction of sp³-hybridized carbons (Fsp3) is 0.325. The average Bonchev–Trinajstić information content (AvgIpc) is 3.82. The molecule has 51 heavy (non-hydrogen) atoms. The average molecular weight is 708 g/mol. The first-order valence-corrected chi connectivity index (χ1v) is 17.5. The quantitative estimate of drug-likeness (QED) is 0.102. The van der Waals surface area contributed by atoms with Crippen LogP contribution in [0.5, 0.6) is 17.2 Å². The number of hydrogen-bond acceptors (Lipinski definition) is 10. The van der Waals surface area contributed by atoms with Crippen LogP contribution in [0.2, 0.25) is 5.02 Å². The highest BCUT2D eigenvalue weighted by atomic mass is 35.5. The minimum atomic E-state index is -0.203. The molecule has 0 unspecified atom stereocenters. The Hall–Kier alpha value is -4.92. The van der Waals surface area contributed by atoms with E-state index in [1.807, 2.05) is 30.3 Å². The van der Waals surface area contributed by atoms with Crippen molar-refractivity contribution in [1.82, 2.24) is 20.2 Å². The van der Waals surface area contributed by atoms with Gasteiger partial charge in [0.15, 0.2) is 6.39 Å². The molecule has 1 aliphatic rings. The van der Waals surface area contributed by atoms with Gasteiger partial charge in [-0.25, -0.2) is 4.98 Å². The molecule has 2 aromatic heterocycles. The lowest BCUT2D eigenvalue weighted by Crippen LogP contribution is -2.24. The van der Waals surface area contributed by atoms with Crippen molar-refractivity contribution < 1.29 is 23.7 Å². The second-order valence-electron chi connectivity index (χ2n) is 12.7.